The van der Waals surface area contributed by atoms with Gasteiger partial charge in [0.05, 0.1) is 0 Å². The van der Waals surface area contributed by atoms with E-state index in [-0.39, 0.29) is 16.8 Å². The lowest BCUT2D eigenvalue weighted by Gasteiger charge is -2.33. The topological polar surface area (TPSA) is 84.4 Å². The van der Waals surface area contributed by atoms with E-state index in [1.54, 1.807) is 17.9 Å². The van der Waals surface area contributed by atoms with E-state index >= 15 is 0 Å². The van der Waals surface area contributed by atoms with Crippen molar-refractivity contribution >= 4 is 28.8 Å². The van der Waals surface area contributed by atoms with Gasteiger partial charge in [0.25, 0.3) is 11.8 Å². The smallest absolute Gasteiger partial charge is 0.286 e. The molecule has 32 heavy (non-hydrogen) atoms. The molecule has 4 rings (SSSR count). The van der Waals surface area contributed by atoms with Crippen LogP contribution in [0.3, 0.4) is 0 Å². The van der Waals surface area contributed by atoms with Crippen LogP contribution in [0.1, 0.15) is 40.5 Å². The number of ether oxygens (including phenoxy) is 1. The van der Waals surface area contributed by atoms with Gasteiger partial charge in [0.1, 0.15) is 16.6 Å². The van der Waals surface area contributed by atoms with E-state index in [1.807, 2.05) is 30.3 Å². The maximum absolute atomic E-state index is 13.3. The molecule has 1 aliphatic rings. The normalized spacial score (nSPS) is 16.9. The van der Waals surface area contributed by atoms with Gasteiger partial charge in [-0.25, -0.2) is 4.39 Å². The number of carbonyl (C=O) groups excluding carboxylic acids is 2. The van der Waals surface area contributed by atoms with E-state index in [2.05, 4.69) is 15.5 Å². The van der Waals surface area contributed by atoms with Gasteiger partial charge in [-0.15, -0.1) is 10.2 Å². The van der Waals surface area contributed by atoms with E-state index in [4.69, 9.17) is 4.74 Å². The first-order chi connectivity index (χ1) is 15.5. The van der Waals surface area contributed by atoms with Gasteiger partial charge in [0, 0.05) is 24.7 Å². The van der Waals surface area contributed by atoms with Crippen LogP contribution in [0, 0.1) is 5.82 Å². The molecule has 7 nitrogen and oxygen atoms in total. The summed E-state index contributed by atoms with van der Waals surface area (Å²) >= 11 is 1.20. The summed E-state index contributed by atoms with van der Waals surface area (Å²) in [6.45, 7) is 2.91. The first-order valence-electron chi connectivity index (χ1n) is 10.4. The predicted molar refractivity (Wildman–Crippen MR) is 119 cm³/mol. The number of anilines is 1. The molecule has 0 unspecified atom stereocenters. The molecule has 0 radical (unpaired) electrons. The maximum atomic E-state index is 13.3. The Bertz CT molecular complexity index is 1090. The van der Waals surface area contributed by atoms with Crippen molar-refractivity contribution in [2.24, 2.45) is 0 Å². The lowest BCUT2D eigenvalue weighted by molar-refractivity contribution is -0.139. The summed E-state index contributed by atoms with van der Waals surface area (Å²) < 4.78 is 19.1. The molecule has 1 fully saturated rings. The molecule has 0 aliphatic carbocycles. The summed E-state index contributed by atoms with van der Waals surface area (Å²) in [5.41, 5.74) is 0.355. The summed E-state index contributed by atoms with van der Waals surface area (Å²) in [6.07, 6.45) is 1.09. The Morgan fingerprint density at radius 3 is 2.78 bits per heavy atom. The van der Waals surface area contributed by atoms with Crippen molar-refractivity contribution in [1.82, 2.24) is 15.1 Å². The minimum absolute atomic E-state index is 0.00449. The molecule has 0 saturated carbocycles. The zero-order chi connectivity index (χ0) is 22.5. The van der Waals surface area contributed by atoms with Gasteiger partial charge in [-0.05, 0) is 50.1 Å². The highest BCUT2D eigenvalue weighted by atomic mass is 32.1. The van der Waals surface area contributed by atoms with Gasteiger partial charge in [0.15, 0.2) is 6.10 Å². The molecule has 1 saturated heterocycles. The number of nitrogens with one attached hydrogen (secondary N) is 1. The molecule has 9 heteroatoms. The van der Waals surface area contributed by atoms with Crippen LogP contribution >= 0.6 is 11.3 Å². The summed E-state index contributed by atoms with van der Waals surface area (Å²) in [7, 11) is 0. The molecular formula is C23H23FN4O3S. The van der Waals surface area contributed by atoms with Crippen LogP contribution in [0.15, 0.2) is 54.6 Å². The monoisotopic (exact) mass is 454 g/mol. The largest absolute Gasteiger partial charge is 0.481 e. The number of hydrogen-bond acceptors (Lipinski definition) is 6. The summed E-state index contributed by atoms with van der Waals surface area (Å²) in [5, 5.41) is 11.7. The number of benzene rings is 2. The minimum atomic E-state index is -0.599. The highest BCUT2D eigenvalue weighted by Crippen LogP contribution is 2.30. The second kappa shape index (κ2) is 9.86. The Morgan fingerprint density at radius 1 is 1.19 bits per heavy atom. The second-order valence-electron chi connectivity index (χ2n) is 7.61. The van der Waals surface area contributed by atoms with E-state index in [0.29, 0.717) is 29.5 Å². The number of amides is 2. The second-order valence-corrected chi connectivity index (χ2v) is 8.62. The molecule has 3 aromatic rings. The first-order valence-corrected chi connectivity index (χ1v) is 11.2. The highest BCUT2D eigenvalue weighted by molar-refractivity contribution is 7.13. The third kappa shape index (κ3) is 5.28. The lowest BCUT2D eigenvalue weighted by atomic mass is 9.98. The quantitative estimate of drug-likeness (QED) is 0.606. The molecule has 166 valence electrons. The molecule has 0 bridgehead atoms. The van der Waals surface area contributed by atoms with E-state index < -0.39 is 17.8 Å². The molecule has 2 heterocycles. The van der Waals surface area contributed by atoms with Crippen molar-refractivity contribution in [2.45, 2.75) is 31.8 Å². The number of likely N-dealkylation sites (tertiary alicyclic amines) is 1. The number of hydrogen-bond donors (Lipinski definition) is 1. The average Bonchev–Trinajstić information content (AvgIpc) is 3.30. The molecular weight excluding hydrogens is 431 g/mol. The first kappa shape index (κ1) is 21.9. The van der Waals surface area contributed by atoms with Crippen LogP contribution in [0.25, 0.3) is 0 Å². The fraction of sp³-hybridized carbons (Fsp3) is 0.304. The Hall–Kier alpha value is -3.33. The van der Waals surface area contributed by atoms with Crippen molar-refractivity contribution in [3.8, 4) is 5.75 Å². The maximum Gasteiger partial charge on any atom is 0.286 e. The molecule has 1 N–H and O–H groups in total. The Kier molecular flexibility index (Phi) is 6.75. The van der Waals surface area contributed by atoms with Crippen LogP contribution in [-0.2, 0) is 4.79 Å². The van der Waals surface area contributed by atoms with Gasteiger partial charge in [-0.3, -0.25) is 9.59 Å². The van der Waals surface area contributed by atoms with E-state index in [1.165, 1.54) is 29.5 Å². The van der Waals surface area contributed by atoms with Crippen LogP contribution in [0.4, 0.5) is 10.1 Å². The molecule has 2 aromatic carbocycles. The zero-order valence-corrected chi connectivity index (χ0v) is 18.3. The zero-order valence-electron chi connectivity index (χ0n) is 17.5. The number of rotatable bonds is 6. The third-order valence-electron chi connectivity index (χ3n) is 5.20. The van der Waals surface area contributed by atoms with Gasteiger partial charge >= 0.3 is 0 Å². The highest BCUT2D eigenvalue weighted by Gasteiger charge is 2.30. The van der Waals surface area contributed by atoms with Crippen molar-refractivity contribution in [2.75, 3.05) is 18.4 Å². The van der Waals surface area contributed by atoms with Gasteiger partial charge in [-0.1, -0.05) is 35.6 Å². The summed E-state index contributed by atoms with van der Waals surface area (Å²) in [6, 6.07) is 14.9. The lowest BCUT2D eigenvalue weighted by Crippen LogP contribution is -2.45. The summed E-state index contributed by atoms with van der Waals surface area (Å²) in [4.78, 5) is 27.1. The number of para-hydroxylation sites is 1. The third-order valence-corrected chi connectivity index (χ3v) is 6.29. The summed E-state index contributed by atoms with van der Waals surface area (Å²) in [5.74, 6) is -0.289. The van der Waals surface area contributed by atoms with Crippen LogP contribution in [0.2, 0.25) is 0 Å². The Morgan fingerprint density at radius 2 is 2.00 bits per heavy atom. The van der Waals surface area contributed by atoms with Crippen LogP contribution in [0.5, 0.6) is 5.75 Å². The average molecular weight is 455 g/mol. The Labute approximate surface area is 189 Å². The van der Waals surface area contributed by atoms with E-state index in [0.717, 1.165) is 12.8 Å². The number of piperidine rings is 1. The number of halogens is 1. The fourth-order valence-corrected chi connectivity index (χ4v) is 4.50. The Balaban J connectivity index is 1.37. The molecule has 2 atom stereocenters. The van der Waals surface area contributed by atoms with Crippen molar-refractivity contribution in [3.63, 3.8) is 0 Å². The van der Waals surface area contributed by atoms with E-state index in [9.17, 15) is 14.0 Å². The van der Waals surface area contributed by atoms with Gasteiger partial charge in [0.2, 0.25) is 5.01 Å². The fourth-order valence-electron chi connectivity index (χ4n) is 3.63. The minimum Gasteiger partial charge on any atom is -0.481 e. The van der Waals surface area contributed by atoms with Gasteiger partial charge in [-0.2, -0.15) is 0 Å². The predicted octanol–water partition coefficient (Wildman–Crippen LogP) is 4.10. The van der Waals surface area contributed by atoms with Gasteiger partial charge < -0.3 is 15.0 Å². The molecule has 2 amide bonds. The molecule has 1 aliphatic heterocycles. The standard InChI is InChI=1S/C23H23FN4O3S/c1-15(31-19-10-3-2-4-11-19)23(30)28-12-6-7-16(14-28)21-26-27-22(32-21)20(29)25-18-9-5-8-17(24)13-18/h2-5,8-11,13,15-16H,6-7,12,14H2,1H3,(H,25,29)/t15-,16+/m1/s1. The molecule has 1 aromatic heterocycles. The SMILES string of the molecule is C[C@@H](Oc1ccccc1)C(=O)N1CCC[C@H](c2nnc(C(=O)Nc3cccc(F)c3)s2)C1. The molecule has 0 spiro atoms. The van der Waals surface area contributed by atoms with Crippen molar-refractivity contribution in [1.29, 1.82) is 0 Å². The van der Waals surface area contributed by atoms with Crippen LogP contribution < -0.4 is 10.1 Å². The number of carbonyl (C=O) groups is 2. The van der Waals surface area contributed by atoms with Crippen LogP contribution in [-0.4, -0.2) is 46.1 Å². The van der Waals surface area contributed by atoms with Crippen molar-refractivity contribution in [3.05, 3.63) is 70.4 Å². The number of nitrogens with zero attached hydrogens (tertiary/aromatic N) is 3. The number of aromatic nitrogens is 2. The van der Waals surface area contributed by atoms with Crippen molar-refractivity contribution < 1.29 is 18.7 Å².